The number of aromatic nitrogens is 4. The fourth-order valence-electron chi connectivity index (χ4n) is 1.89. The van der Waals surface area contributed by atoms with E-state index in [0.717, 1.165) is 0 Å². The van der Waals surface area contributed by atoms with Gasteiger partial charge in [0.2, 0.25) is 0 Å². The second-order valence-electron chi connectivity index (χ2n) is 4.09. The molecule has 0 atom stereocenters. The Hall–Kier alpha value is -1.69. The number of aromatic amines is 1. The number of hydrogen-bond donors (Lipinski definition) is 1. The molecule has 0 amide bonds. The Bertz CT molecular complexity index is 762. The molecule has 0 saturated heterocycles. The van der Waals surface area contributed by atoms with Crippen LogP contribution in [0, 0.1) is 5.82 Å². The van der Waals surface area contributed by atoms with Crippen molar-refractivity contribution < 1.29 is 4.39 Å². The lowest BCUT2D eigenvalue weighted by atomic mass is 10.1. The highest BCUT2D eigenvalue weighted by atomic mass is 35.5. The summed E-state index contributed by atoms with van der Waals surface area (Å²) in [7, 11) is 0. The standard InChI is InChI=1S/C13H6Cl3FN4/c14-6-2-1-3-8(17)10(6)11-7(15)4-9(20-12(11)16)13-18-5-19-21-13/h1-5H,(H,18,19,21). The highest BCUT2D eigenvalue weighted by molar-refractivity contribution is 6.40. The highest BCUT2D eigenvalue weighted by Gasteiger charge is 2.19. The van der Waals surface area contributed by atoms with Crippen LogP contribution in [0.15, 0.2) is 30.6 Å². The zero-order valence-electron chi connectivity index (χ0n) is 10.2. The summed E-state index contributed by atoms with van der Waals surface area (Å²) < 4.78 is 14.0. The van der Waals surface area contributed by atoms with Gasteiger partial charge in [0.25, 0.3) is 0 Å². The van der Waals surface area contributed by atoms with Gasteiger partial charge in [-0.25, -0.2) is 14.4 Å². The van der Waals surface area contributed by atoms with E-state index in [4.69, 9.17) is 34.8 Å². The molecule has 1 N–H and O–H groups in total. The quantitative estimate of drug-likeness (QED) is 0.690. The molecular weight excluding hydrogens is 338 g/mol. The van der Waals surface area contributed by atoms with Crippen molar-refractivity contribution in [2.45, 2.75) is 0 Å². The van der Waals surface area contributed by atoms with E-state index in [1.165, 1.54) is 24.5 Å². The number of pyridine rings is 1. The largest absolute Gasteiger partial charge is 0.258 e. The molecule has 106 valence electrons. The third kappa shape index (κ3) is 2.60. The molecule has 2 heterocycles. The van der Waals surface area contributed by atoms with Crippen molar-refractivity contribution >= 4 is 34.8 Å². The Kier molecular flexibility index (Phi) is 3.80. The van der Waals surface area contributed by atoms with Gasteiger partial charge >= 0.3 is 0 Å². The number of benzene rings is 1. The van der Waals surface area contributed by atoms with E-state index in [1.807, 2.05) is 0 Å². The number of nitrogens with one attached hydrogen (secondary N) is 1. The van der Waals surface area contributed by atoms with Gasteiger partial charge in [-0.1, -0.05) is 40.9 Å². The molecule has 2 aromatic heterocycles. The van der Waals surface area contributed by atoms with E-state index in [0.29, 0.717) is 11.5 Å². The summed E-state index contributed by atoms with van der Waals surface area (Å²) in [5.41, 5.74) is 0.759. The SMILES string of the molecule is Fc1cccc(Cl)c1-c1c(Cl)cc(-c2ncn[nH]2)nc1Cl. The molecule has 3 rings (SSSR count). The van der Waals surface area contributed by atoms with Crippen molar-refractivity contribution in [3.8, 4) is 22.6 Å². The number of halogens is 4. The highest BCUT2D eigenvalue weighted by Crippen LogP contribution is 2.40. The van der Waals surface area contributed by atoms with Gasteiger partial charge in [0, 0.05) is 11.1 Å². The van der Waals surface area contributed by atoms with Crippen LogP contribution in [0.25, 0.3) is 22.6 Å². The third-order valence-electron chi connectivity index (χ3n) is 2.80. The monoisotopic (exact) mass is 342 g/mol. The van der Waals surface area contributed by atoms with Crippen molar-refractivity contribution in [3.05, 3.63) is 51.6 Å². The van der Waals surface area contributed by atoms with E-state index >= 15 is 0 Å². The van der Waals surface area contributed by atoms with Crippen LogP contribution in [0.2, 0.25) is 15.2 Å². The Morgan fingerprint density at radius 1 is 1.05 bits per heavy atom. The van der Waals surface area contributed by atoms with E-state index in [-0.39, 0.29) is 26.3 Å². The van der Waals surface area contributed by atoms with E-state index in [9.17, 15) is 4.39 Å². The lowest BCUT2D eigenvalue weighted by Gasteiger charge is -2.11. The van der Waals surface area contributed by atoms with Gasteiger partial charge in [-0.2, -0.15) is 5.10 Å². The Morgan fingerprint density at radius 3 is 2.48 bits per heavy atom. The minimum atomic E-state index is -0.527. The van der Waals surface area contributed by atoms with Gasteiger partial charge in [-0.3, -0.25) is 5.10 Å². The first-order chi connectivity index (χ1) is 10.1. The molecule has 0 bridgehead atoms. The zero-order chi connectivity index (χ0) is 15.0. The van der Waals surface area contributed by atoms with Crippen LogP contribution in [-0.2, 0) is 0 Å². The number of H-pyrrole nitrogens is 1. The van der Waals surface area contributed by atoms with Crippen molar-refractivity contribution in [1.29, 1.82) is 0 Å². The first-order valence-corrected chi connectivity index (χ1v) is 6.87. The van der Waals surface area contributed by atoms with Gasteiger partial charge in [0.15, 0.2) is 5.82 Å². The van der Waals surface area contributed by atoms with Gasteiger partial charge < -0.3 is 0 Å². The van der Waals surface area contributed by atoms with Crippen molar-refractivity contribution in [2.24, 2.45) is 0 Å². The number of hydrogen-bond acceptors (Lipinski definition) is 3. The maximum Gasteiger partial charge on any atom is 0.174 e. The van der Waals surface area contributed by atoms with Gasteiger partial charge in [-0.15, -0.1) is 0 Å². The minimum absolute atomic E-state index is 0.0286. The molecule has 0 aliphatic carbocycles. The molecule has 8 heteroatoms. The molecule has 1 aromatic carbocycles. The minimum Gasteiger partial charge on any atom is -0.258 e. The Morgan fingerprint density at radius 2 is 1.86 bits per heavy atom. The van der Waals surface area contributed by atoms with Crippen LogP contribution >= 0.6 is 34.8 Å². The van der Waals surface area contributed by atoms with Crippen LogP contribution in [0.1, 0.15) is 0 Å². The predicted octanol–water partition coefficient (Wildman–Crippen LogP) is 4.63. The lowest BCUT2D eigenvalue weighted by molar-refractivity contribution is 0.631. The fourth-order valence-corrected chi connectivity index (χ4v) is 2.77. The summed E-state index contributed by atoms with van der Waals surface area (Å²) in [5, 5.41) is 6.82. The van der Waals surface area contributed by atoms with Gasteiger partial charge in [0.05, 0.1) is 10.0 Å². The maximum atomic E-state index is 14.0. The lowest BCUT2D eigenvalue weighted by Crippen LogP contribution is -1.94. The zero-order valence-corrected chi connectivity index (χ0v) is 12.5. The predicted molar refractivity (Wildman–Crippen MR) is 80.0 cm³/mol. The molecule has 3 aromatic rings. The summed E-state index contributed by atoms with van der Waals surface area (Å²) in [6.45, 7) is 0. The summed E-state index contributed by atoms with van der Waals surface area (Å²) >= 11 is 18.4. The van der Waals surface area contributed by atoms with Gasteiger partial charge in [0.1, 0.15) is 23.0 Å². The van der Waals surface area contributed by atoms with Crippen LogP contribution < -0.4 is 0 Å². The second kappa shape index (κ2) is 5.60. The van der Waals surface area contributed by atoms with E-state index < -0.39 is 5.82 Å². The van der Waals surface area contributed by atoms with Crippen molar-refractivity contribution in [2.75, 3.05) is 0 Å². The summed E-state index contributed by atoms with van der Waals surface area (Å²) in [6.07, 6.45) is 1.33. The first kappa shape index (κ1) is 14.3. The van der Waals surface area contributed by atoms with Crippen LogP contribution in [-0.4, -0.2) is 20.2 Å². The average Bonchev–Trinajstić information content (AvgIpc) is 2.95. The van der Waals surface area contributed by atoms with Crippen LogP contribution in [0.3, 0.4) is 0 Å². The molecule has 21 heavy (non-hydrogen) atoms. The van der Waals surface area contributed by atoms with Crippen LogP contribution in [0.5, 0.6) is 0 Å². The number of rotatable bonds is 2. The molecule has 0 radical (unpaired) electrons. The van der Waals surface area contributed by atoms with Crippen molar-refractivity contribution in [1.82, 2.24) is 20.2 Å². The van der Waals surface area contributed by atoms with Crippen molar-refractivity contribution in [3.63, 3.8) is 0 Å². The molecule has 0 saturated carbocycles. The molecular formula is C13H6Cl3FN4. The summed E-state index contributed by atoms with van der Waals surface area (Å²) in [5.74, 6) is -0.120. The molecule has 0 aliphatic heterocycles. The molecule has 0 unspecified atom stereocenters. The normalized spacial score (nSPS) is 10.9. The molecule has 4 nitrogen and oxygen atoms in total. The second-order valence-corrected chi connectivity index (χ2v) is 5.26. The van der Waals surface area contributed by atoms with Gasteiger partial charge in [-0.05, 0) is 18.2 Å². The first-order valence-electron chi connectivity index (χ1n) is 5.74. The third-order valence-corrected chi connectivity index (χ3v) is 3.68. The fraction of sp³-hybridized carbons (Fsp3) is 0. The smallest absolute Gasteiger partial charge is 0.174 e. The van der Waals surface area contributed by atoms with E-state index in [1.54, 1.807) is 6.07 Å². The molecule has 0 aliphatic rings. The number of nitrogens with zero attached hydrogens (tertiary/aromatic N) is 3. The van der Waals surface area contributed by atoms with Crippen LogP contribution in [0.4, 0.5) is 4.39 Å². The Labute approximate surface area is 133 Å². The molecule has 0 fully saturated rings. The van der Waals surface area contributed by atoms with E-state index in [2.05, 4.69) is 20.2 Å². The summed E-state index contributed by atoms with van der Waals surface area (Å²) in [4.78, 5) is 8.12. The average molecular weight is 344 g/mol. The topological polar surface area (TPSA) is 54.5 Å². The maximum absolute atomic E-state index is 14.0. The summed E-state index contributed by atoms with van der Waals surface area (Å²) in [6, 6.07) is 5.85. The molecule has 0 spiro atoms. The Balaban J connectivity index is 2.22.